The van der Waals surface area contributed by atoms with Gasteiger partial charge in [0, 0.05) is 43.4 Å². The Labute approximate surface area is 224 Å². The summed E-state index contributed by atoms with van der Waals surface area (Å²) in [6.45, 7) is 10.1. The highest BCUT2D eigenvalue weighted by Crippen LogP contribution is 2.23. The highest BCUT2D eigenvalue weighted by atomic mass is 32.2. The first-order chi connectivity index (χ1) is 17.5. The molecule has 2 amide bonds. The van der Waals surface area contributed by atoms with Crippen LogP contribution in [-0.2, 0) is 16.1 Å². The molecule has 37 heavy (non-hydrogen) atoms. The van der Waals surface area contributed by atoms with Crippen molar-refractivity contribution >= 4 is 35.0 Å². The van der Waals surface area contributed by atoms with Crippen LogP contribution in [0.15, 0.2) is 59.8 Å². The number of aryl methyl sites for hydroxylation is 3. The van der Waals surface area contributed by atoms with Gasteiger partial charge in [0.25, 0.3) is 0 Å². The third-order valence-electron chi connectivity index (χ3n) is 6.10. The quantitative estimate of drug-likeness (QED) is 0.291. The van der Waals surface area contributed by atoms with Crippen LogP contribution >= 0.6 is 11.8 Å². The molecule has 3 rings (SSSR count). The van der Waals surface area contributed by atoms with E-state index in [2.05, 4.69) is 15.3 Å². The van der Waals surface area contributed by atoms with Crippen LogP contribution in [0.4, 0.5) is 11.4 Å². The summed E-state index contributed by atoms with van der Waals surface area (Å²) in [6, 6.07) is 16.9. The fraction of sp³-hybridized carbons (Fsp3) is 0.379. The van der Waals surface area contributed by atoms with Crippen LogP contribution in [0.25, 0.3) is 0 Å². The molecular weight excluding hydrogens is 482 g/mol. The molecule has 0 unspecified atom stereocenters. The molecule has 0 spiro atoms. The van der Waals surface area contributed by atoms with E-state index in [1.54, 1.807) is 4.90 Å². The molecule has 2 aromatic carbocycles. The van der Waals surface area contributed by atoms with E-state index in [4.69, 9.17) is 0 Å². The van der Waals surface area contributed by atoms with E-state index in [0.717, 1.165) is 28.2 Å². The summed E-state index contributed by atoms with van der Waals surface area (Å²) in [6.07, 6.45) is 0. The summed E-state index contributed by atoms with van der Waals surface area (Å²) in [5.74, 6) is -0.297. The topological polar surface area (TPSA) is 78.4 Å². The number of rotatable bonds is 10. The molecule has 1 N–H and O–H groups in total. The lowest BCUT2D eigenvalue weighted by Gasteiger charge is -2.34. The minimum Gasteiger partial charge on any atom is -0.378 e. The Morgan fingerprint density at radius 3 is 2.14 bits per heavy atom. The van der Waals surface area contributed by atoms with E-state index in [-0.39, 0.29) is 23.5 Å². The first-order valence-electron chi connectivity index (χ1n) is 12.4. The Hall–Kier alpha value is -3.39. The Morgan fingerprint density at radius 1 is 0.946 bits per heavy atom. The molecule has 8 heteroatoms. The molecule has 7 nitrogen and oxygen atoms in total. The molecule has 0 saturated heterocycles. The molecule has 0 aliphatic carbocycles. The second kappa shape index (κ2) is 12.7. The van der Waals surface area contributed by atoms with Crippen molar-refractivity contribution in [1.29, 1.82) is 0 Å². The molecule has 0 bridgehead atoms. The van der Waals surface area contributed by atoms with Gasteiger partial charge in [0.1, 0.15) is 6.04 Å². The van der Waals surface area contributed by atoms with Crippen LogP contribution in [0.3, 0.4) is 0 Å². The molecule has 0 aliphatic rings. The molecule has 1 atom stereocenters. The monoisotopic (exact) mass is 519 g/mol. The Kier molecular flexibility index (Phi) is 9.69. The van der Waals surface area contributed by atoms with Gasteiger partial charge in [-0.1, -0.05) is 49.9 Å². The summed E-state index contributed by atoms with van der Waals surface area (Å²) in [4.78, 5) is 39.9. The highest BCUT2D eigenvalue weighted by Gasteiger charge is 2.33. The lowest BCUT2D eigenvalue weighted by Crippen LogP contribution is -2.50. The zero-order valence-corrected chi connectivity index (χ0v) is 23.6. The Bertz CT molecular complexity index is 1210. The number of nitrogens with one attached hydrogen (secondary N) is 1. The largest absolute Gasteiger partial charge is 0.378 e. The Balaban J connectivity index is 1.87. The predicted octanol–water partition coefficient (Wildman–Crippen LogP) is 5.25. The number of hydrogen-bond donors (Lipinski definition) is 1. The number of carbonyl (C=O) groups excluding carboxylic acids is 2. The average Bonchev–Trinajstić information content (AvgIpc) is 2.83. The van der Waals surface area contributed by atoms with Crippen LogP contribution in [0.2, 0.25) is 0 Å². The fourth-order valence-corrected chi connectivity index (χ4v) is 4.98. The van der Waals surface area contributed by atoms with Crippen LogP contribution in [0.5, 0.6) is 0 Å². The lowest BCUT2D eigenvalue weighted by atomic mass is 9.99. The number of thioether (sulfide) groups is 1. The van der Waals surface area contributed by atoms with Gasteiger partial charge < -0.3 is 15.1 Å². The number of aromatic nitrogens is 2. The molecule has 0 saturated carbocycles. The van der Waals surface area contributed by atoms with Crippen molar-refractivity contribution in [1.82, 2.24) is 14.9 Å². The summed E-state index contributed by atoms with van der Waals surface area (Å²) in [7, 11) is 3.94. The van der Waals surface area contributed by atoms with Gasteiger partial charge in [-0.15, -0.1) is 0 Å². The standard InChI is InChI=1S/C29H37N5O2S/c1-19(2)27(28(36)32-24-12-14-25(15-13-24)33(6)7)34(17-23-11-9-8-10-20(23)3)26(35)18-37-29-30-21(4)16-22(5)31-29/h8-16,19,27H,17-18H2,1-7H3,(H,32,36)/t27-/m1/s1. The van der Waals surface area contributed by atoms with Gasteiger partial charge in [0.2, 0.25) is 11.8 Å². The van der Waals surface area contributed by atoms with Gasteiger partial charge in [-0.25, -0.2) is 9.97 Å². The number of amides is 2. The molecule has 196 valence electrons. The van der Waals surface area contributed by atoms with E-state index >= 15 is 0 Å². The maximum atomic E-state index is 13.7. The molecule has 0 radical (unpaired) electrons. The van der Waals surface area contributed by atoms with Gasteiger partial charge in [-0.05, 0) is 68.1 Å². The predicted molar refractivity (Wildman–Crippen MR) is 152 cm³/mol. The van der Waals surface area contributed by atoms with Crippen LogP contribution < -0.4 is 10.2 Å². The van der Waals surface area contributed by atoms with Crippen molar-refractivity contribution in [2.75, 3.05) is 30.1 Å². The third kappa shape index (κ3) is 7.79. The van der Waals surface area contributed by atoms with Crippen molar-refractivity contribution in [3.8, 4) is 0 Å². The number of nitrogens with zero attached hydrogens (tertiary/aromatic N) is 4. The van der Waals surface area contributed by atoms with Gasteiger partial charge >= 0.3 is 0 Å². The zero-order valence-electron chi connectivity index (χ0n) is 22.8. The van der Waals surface area contributed by atoms with Gasteiger partial charge in [-0.2, -0.15) is 0 Å². The Morgan fingerprint density at radius 2 is 1.57 bits per heavy atom. The SMILES string of the molecule is Cc1cc(C)nc(SCC(=O)N(Cc2ccccc2C)[C@@H](C(=O)Nc2ccc(N(C)C)cc2)C(C)C)n1. The fourth-order valence-electron chi connectivity index (χ4n) is 4.14. The average molecular weight is 520 g/mol. The number of hydrogen-bond acceptors (Lipinski definition) is 6. The van der Waals surface area contributed by atoms with E-state index in [9.17, 15) is 9.59 Å². The molecule has 1 heterocycles. The summed E-state index contributed by atoms with van der Waals surface area (Å²) < 4.78 is 0. The van der Waals surface area contributed by atoms with Crippen molar-refractivity contribution in [3.05, 3.63) is 77.1 Å². The first kappa shape index (κ1) is 28.2. The van der Waals surface area contributed by atoms with Crippen molar-refractivity contribution in [2.45, 2.75) is 52.4 Å². The second-order valence-electron chi connectivity index (χ2n) is 9.79. The van der Waals surface area contributed by atoms with Gasteiger partial charge in [0.05, 0.1) is 5.75 Å². The molecule has 1 aromatic heterocycles. The summed E-state index contributed by atoms with van der Waals surface area (Å²) >= 11 is 1.30. The molecule has 0 aliphatic heterocycles. The van der Waals surface area contributed by atoms with Gasteiger partial charge in [-0.3, -0.25) is 9.59 Å². The first-order valence-corrected chi connectivity index (χ1v) is 13.4. The zero-order chi connectivity index (χ0) is 27.1. The van der Waals surface area contributed by atoms with Crippen LogP contribution in [-0.4, -0.2) is 52.6 Å². The third-order valence-corrected chi connectivity index (χ3v) is 6.93. The van der Waals surface area contributed by atoms with Crippen molar-refractivity contribution in [3.63, 3.8) is 0 Å². The van der Waals surface area contributed by atoms with Crippen molar-refractivity contribution < 1.29 is 9.59 Å². The van der Waals surface area contributed by atoms with Crippen LogP contribution in [0.1, 0.15) is 36.4 Å². The lowest BCUT2D eigenvalue weighted by molar-refractivity contribution is -0.138. The highest BCUT2D eigenvalue weighted by molar-refractivity contribution is 7.99. The number of anilines is 2. The summed E-state index contributed by atoms with van der Waals surface area (Å²) in [5.41, 5.74) is 5.55. The van der Waals surface area contributed by atoms with E-state index in [0.29, 0.717) is 17.4 Å². The van der Waals surface area contributed by atoms with E-state index < -0.39 is 6.04 Å². The maximum Gasteiger partial charge on any atom is 0.247 e. The number of benzene rings is 2. The maximum absolute atomic E-state index is 13.7. The minimum absolute atomic E-state index is 0.100. The van der Waals surface area contributed by atoms with Crippen LogP contribution in [0, 0.1) is 26.7 Å². The smallest absolute Gasteiger partial charge is 0.247 e. The van der Waals surface area contributed by atoms with Gasteiger partial charge in [0.15, 0.2) is 5.16 Å². The van der Waals surface area contributed by atoms with E-state index in [1.807, 2.05) is 108 Å². The summed E-state index contributed by atoms with van der Waals surface area (Å²) in [5, 5.41) is 3.59. The minimum atomic E-state index is -0.651. The number of carbonyl (C=O) groups is 2. The molecule has 3 aromatic rings. The second-order valence-corrected chi connectivity index (χ2v) is 10.7. The molecule has 0 fully saturated rings. The van der Waals surface area contributed by atoms with E-state index in [1.165, 1.54) is 11.8 Å². The van der Waals surface area contributed by atoms with Crippen molar-refractivity contribution in [2.24, 2.45) is 5.92 Å². The normalized spacial score (nSPS) is 11.8. The molecular formula is C29H37N5O2S.